The van der Waals surface area contributed by atoms with E-state index >= 15 is 0 Å². The van der Waals surface area contributed by atoms with Gasteiger partial charge in [0.05, 0.1) is 34.3 Å². The second-order valence-corrected chi connectivity index (χ2v) is 16.0. The van der Waals surface area contributed by atoms with E-state index in [-0.39, 0.29) is 56.5 Å². The molecule has 0 spiro atoms. The molecule has 2 heterocycles. The van der Waals surface area contributed by atoms with Gasteiger partial charge in [0.15, 0.2) is 6.10 Å². The fourth-order valence-corrected chi connectivity index (χ4v) is 9.91. The number of esters is 1. The molecule has 2 saturated carbocycles. The third-order valence-electron chi connectivity index (χ3n) is 10.4. The van der Waals surface area contributed by atoms with Gasteiger partial charge in [0.1, 0.15) is 12.4 Å². The molecule has 8 nitrogen and oxygen atoms in total. The van der Waals surface area contributed by atoms with Gasteiger partial charge in [-0.25, -0.2) is 9.78 Å². The Bertz CT molecular complexity index is 2200. The fourth-order valence-electron chi connectivity index (χ4n) is 7.87. The van der Waals surface area contributed by atoms with Crippen LogP contribution in [0, 0.1) is 23.7 Å². The molecule has 3 fully saturated rings. The van der Waals surface area contributed by atoms with Crippen LogP contribution in [0.5, 0.6) is 5.75 Å². The highest BCUT2D eigenvalue weighted by Crippen LogP contribution is 2.60. The number of carbonyl (C=O) groups is 4. The third-order valence-corrected chi connectivity index (χ3v) is 13.9. The van der Waals surface area contributed by atoms with Crippen molar-refractivity contribution in [2.75, 3.05) is 4.90 Å². The number of nitrogens with zero attached hydrogens (tertiary/aromatic N) is 2. The molecular formula is C41H31Br2ClN2O6. The summed E-state index contributed by atoms with van der Waals surface area (Å²) in [6, 6.07) is 30.1. The molecule has 2 bridgehead atoms. The van der Waals surface area contributed by atoms with Crippen molar-refractivity contribution in [3.63, 3.8) is 0 Å². The highest BCUT2D eigenvalue weighted by molar-refractivity contribution is 9.12. The maximum absolute atomic E-state index is 13.7. The van der Waals surface area contributed by atoms with E-state index in [1.54, 1.807) is 72.8 Å². The third kappa shape index (κ3) is 6.14. The van der Waals surface area contributed by atoms with Gasteiger partial charge in [0, 0.05) is 31.2 Å². The fraction of sp³-hybridized carbons (Fsp3) is 0.244. The summed E-state index contributed by atoms with van der Waals surface area (Å²) < 4.78 is 11.6. The summed E-state index contributed by atoms with van der Waals surface area (Å²) in [7, 11) is 0. The highest BCUT2D eigenvalue weighted by Gasteiger charge is 2.66. The van der Waals surface area contributed by atoms with Gasteiger partial charge in [-0.1, -0.05) is 85.9 Å². The van der Waals surface area contributed by atoms with Gasteiger partial charge in [-0.3, -0.25) is 19.3 Å². The molecule has 4 aromatic carbocycles. The Morgan fingerprint density at radius 2 is 1.52 bits per heavy atom. The minimum absolute atomic E-state index is 0.122. The predicted molar refractivity (Wildman–Crippen MR) is 205 cm³/mol. The molecule has 3 aliphatic rings. The van der Waals surface area contributed by atoms with Gasteiger partial charge in [-0.15, -0.1) is 0 Å². The number of carbonyl (C=O) groups excluding carboxylic acids is 4. The molecule has 2 aliphatic carbocycles. The zero-order valence-electron chi connectivity index (χ0n) is 27.7. The van der Waals surface area contributed by atoms with Crippen LogP contribution in [0.1, 0.15) is 39.6 Å². The maximum atomic E-state index is 13.7. The zero-order chi connectivity index (χ0) is 36.3. The van der Waals surface area contributed by atoms with Crippen molar-refractivity contribution in [1.29, 1.82) is 0 Å². The number of ketones is 1. The summed E-state index contributed by atoms with van der Waals surface area (Å²) in [6.07, 6.45) is -0.223. The Hall–Kier alpha value is -4.38. The molecule has 5 aromatic rings. The number of ether oxygens (including phenoxy) is 2. The van der Waals surface area contributed by atoms with Crippen LogP contribution in [0.4, 0.5) is 5.69 Å². The van der Waals surface area contributed by atoms with E-state index < -0.39 is 12.1 Å². The van der Waals surface area contributed by atoms with Crippen LogP contribution in [0.3, 0.4) is 0 Å². The first kappa shape index (κ1) is 34.7. The molecule has 0 radical (unpaired) electrons. The van der Waals surface area contributed by atoms with Crippen molar-refractivity contribution in [2.24, 2.45) is 23.7 Å². The van der Waals surface area contributed by atoms with E-state index in [0.29, 0.717) is 50.8 Å². The molecule has 11 heteroatoms. The van der Waals surface area contributed by atoms with Gasteiger partial charge < -0.3 is 9.47 Å². The molecule has 1 saturated heterocycles. The Kier molecular flexibility index (Phi) is 9.26. The minimum atomic E-state index is -1.08. The van der Waals surface area contributed by atoms with Crippen LogP contribution in [-0.4, -0.2) is 44.3 Å². The van der Waals surface area contributed by atoms with E-state index in [2.05, 4.69) is 31.9 Å². The minimum Gasteiger partial charge on any atom is -0.489 e. The van der Waals surface area contributed by atoms with Crippen LogP contribution >= 0.6 is 43.5 Å². The lowest BCUT2D eigenvalue weighted by atomic mass is 9.81. The topological polar surface area (TPSA) is 103 Å². The Morgan fingerprint density at radius 1 is 0.865 bits per heavy atom. The monoisotopic (exact) mass is 840 g/mol. The van der Waals surface area contributed by atoms with Gasteiger partial charge in [-0.05, 0) is 91.4 Å². The van der Waals surface area contributed by atoms with Crippen LogP contribution in [0.2, 0.25) is 5.02 Å². The molecule has 1 aromatic heterocycles. The lowest BCUT2D eigenvalue weighted by molar-refractivity contribution is -0.123. The molecule has 0 N–H and O–H groups in total. The van der Waals surface area contributed by atoms with Crippen LogP contribution in [0.25, 0.3) is 22.2 Å². The summed E-state index contributed by atoms with van der Waals surface area (Å²) in [5.74, 6) is -1.15. The normalized spacial score (nSPS) is 23.9. The number of hydrogen-bond acceptors (Lipinski definition) is 7. The quantitative estimate of drug-likeness (QED) is 0.0633. The number of anilines is 1. The van der Waals surface area contributed by atoms with Gasteiger partial charge >= 0.3 is 5.97 Å². The number of amides is 2. The number of benzene rings is 4. The summed E-state index contributed by atoms with van der Waals surface area (Å²) >= 11 is 13.8. The van der Waals surface area contributed by atoms with E-state index in [1.807, 2.05) is 30.3 Å². The number of hydrogen-bond donors (Lipinski definition) is 0. The number of Topliss-reactive ketones (excluding diaryl/α,β-unsaturated/α-hetero) is 1. The number of pyridine rings is 1. The molecule has 8 rings (SSSR count). The van der Waals surface area contributed by atoms with Crippen molar-refractivity contribution < 1.29 is 28.7 Å². The molecule has 2 amide bonds. The SMILES string of the molecule is CC(OC(=O)c1cc(-c2ccc(N3C(=O)C4C5CC(C(Br)C5Br)C4C3=O)cc2)nc2ccc(Cl)cc12)C(=O)c1ccc(OCc2ccccc2)cc1. The number of aromatic nitrogens is 1. The Morgan fingerprint density at radius 3 is 2.17 bits per heavy atom. The lowest BCUT2D eigenvalue weighted by Crippen LogP contribution is -2.37. The number of imide groups is 1. The average Bonchev–Trinajstić information content (AvgIpc) is 3.78. The van der Waals surface area contributed by atoms with E-state index in [9.17, 15) is 19.2 Å². The first-order chi connectivity index (χ1) is 25.1. The predicted octanol–water partition coefficient (Wildman–Crippen LogP) is 8.84. The summed E-state index contributed by atoms with van der Waals surface area (Å²) in [4.78, 5) is 60.6. The van der Waals surface area contributed by atoms with Crippen molar-refractivity contribution in [3.05, 3.63) is 125 Å². The summed E-state index contributed by atoms with van der Waals surface area (Å²) in [5.41, 5.74) is 3.73. The average molecular weight is 843 g/mol. The summed E-state index contributed by atoms with van der Waals surface area (Å²) in [6.45, 7) is 1.93. The smallest absolute Gasteiger partial charge is 0.339 e. The zero-order valence-corrected chi connectivity index (χ0v) is 31.7. The van der Waals surface area contributed by atoms with Crippen molar-refractivity contribution >= 4 is 83.6 Å². The number of rotatable bonds is 9. The van der Waals surface area contributed by atoms with E-state index in [4.69, 9.17) is 26.1 Å². The Balaban J connectivity index is 1.00. The molecule has 7 unspecified atom stereocenters. The molecular weight excluding hydrogens is 812 g/mol. The first-order valence-electron chi connectivity index (χ1n) is 17.0. The maximum Gasteiger partial charge on any atom is 0.339 e. The van der Waals surface area contributed by atoms with Crippen molar-refractivity contribution in [2.45, 2.75) is 35.7 Å². The van der Waals surface area contributed by atoms with Gasteiger partial charge in [-0.2, -0.15) is 0 Å². The number of halogens is 3. The van der Waals surface area contributed by atoms with Crippen LogP contribution < -0.4 is 9.64 Å². The first-order valence-corrected chi connectivity index (χ1v) is 19.2. The van der Waals surface area contributed by atoms with E-state index in [1.165, 1.54) is 11.8 Å². The summed E-state index contributed by atoms with van der Waals surface area (Å²) in [5, 5.41) is 0.886. The molecule has 1 aliphatic heterocycles. The number of fused-ring (bicyclic) bond motifs is 6. The van der Waals surface area contributed by atoms with Crippen LogP contribution in [-0.2, 0) is 20.9 Å². The Labute approximate surface area is 321 Å². The highest BCUT2D eigenvalue weighted by atomic mass is 79.9. The van der Waals surface area contributed by atoms with E-state index in [0.717, 1.165) is 12.0 Å². The lowest BCUT2D eigenvalue weighted by Gasteiger charge is -2.28. The molecule has 7 atom stereocenters. The van der Waals surface area contributed by atoms with Gasteiger partial charge in [0.25, 0.3) is 0 Å². The second-order valence-electron chi connectivity index (χ2n) is 13.5. The molecule has 52 heavy (non-hydrogen) atoms. The van der Waals surface area contributed by atoms with Crippen molar-refractivity contribution in [1.82, 2.24) is 4.98 Å². The van der Waals surface area contributed by atoms with Gasteiger partial charge in [0.2, 0.25) is 17.6 Å². The molecule has 262 valence electrons. The standard InChI is InChI=1S/C41H31Br2ClN2O6/c1-21(38(47)24-9-14-27(15-10-24)51-20-22-5-3-2-4-6-22)52-41(50)29-19-33(45-32-16-11-25(44)17-28(29)32)23-7-12-26(13-8-23)46-39(48)34-30-18-31(35(34)40(46)49)37(43)36(30)42/h2-17,19,21,30-31,34-37H,18,20H2,1H3. The largest absolute Gasteiger partial charge is 0.489 e. The van der Waals surface area contributed by atoms with Crippen molar-refractivity contribution in [3.8, 4) is 17.0 Å². The second kappa shape index (κ2) is 13.9. The number of alkyl halides is 2. The van der Waals surface area contributed by atoms with Crippen LogP contribution in [0.15, 0.2) is 103 Å².